The Hall–Kier alpha value is -2.64. The summed E-state index contributed by atoms with van der Waals surface area (Å²) < 4.78 is 0. The van der Waals surface area contributed by atoms with Crippen LogP contribution in [0.5, 0.6) is 0 Å². The fourth-order valence-electron chi connectivity index (χ4n) is 1.05. The molecule has 0 radical (unpaired) electrons. The van der Waals surface area contributed by atoms with Crippen molar-refractivity contribution >= 4 is 17.3 Å². The summed E-state index contributed by atoms with van der Waals surface area (Å²) in [5.74, 6) is 1.94. The zero-order valence-corrected chi connectivity index (χ0v) is 8.34. The Balaban J connectivity index is 2.99. The fraction of sp³-hybridized carbons (Fsp3) is 0.100. The van der Waals surface area contributed by atoms with Gasteiger partial charge in [-0.2, -0.15) is 0 Å². The van der Waals surface area contributed by atoms with Gasteiger partial charge in [0, 0.05) is 16.2 Å². The van der Waals surface area contributed by atoms with Crippen molar-refractivity contribution in [1.82, 2.24) is 5.32 Å². The average molecular weight is 215 g/mol. The molecule has 0 aliphatic carbocycles. The van der Waals surface area contributed by atoms with E-state index in [1.54, 1.807) is 0 Å². The molecule has 80 valence electrons. The number of hydrogen-bond acceptors (Lipinski definition) is 3. The van der Waals surface area contributed by atoms with Crippen LogP contribution < -0.4 is 11.1 Å². The third-order valence-electron chi connectivity index (χ3n) is 1.80. The van der Waals surface area contributed by atoms with E-state index in [0.717, 1.165) is 0 Å². The highest BCUT2D eigenvalue weighted by Gasteiger charge is 2.06. The molecule has 16 heavy (non-hydrogen) atoms. The first-order chi connectivity index (χ1) is 7.69. The second kappa shape index (κ2) is 5.29. The third-order valence-corrected chi connectivity index (χ3v) is 1.80. The van der Waals surface area contributed by atoms with Crippen LogP contribution in [-0.4, -0.2) is 12.5 Å². The van der Waals surface area contributed by atoms with E-state index in [1.165, 1.54) is 18.2 Å². The maximum atomic E-state index is 11.5. The van der Waals surface area contributed by atoms with Crippen LogP contribution in [0.25, 0.3) is 10.4 Å². The highest BCUT2D eigenvalue weighted by molar-refractivity contribution is 5.96. The molecule has 0 aliphatic rings. The minimum atomic E-state index is -0.340. The Morgan fingerprint density at radius 3 is 3.06 bits per heavy atom. The first-order valence-corrected chi connectivity index (χ1v) is 4.35. The number of carbonyl (C=O) groups is 1. The quantitative estimate of drug-likeness (QED) is 0.262. The molecule has 6 nitrogen and oxygen atoms in total. The number of nitrogens with zero attached hydrogens (tertiary/aromatic N) is 3. The molecule has 1 aromatic rings. The molecule has 1 rings (SSSR count). The number of hydrogen-bond donors (Lipinski definition) is 2. The number of rotatable bonds is 3. The van der Waals surface area contributed by atoms with Gasteiger partial charge in [0.15, 0.2) is 0 Å². The van der Waals surface area contributed by atoms with Gasteiger partial charge in [-0.05, 0) is 23.7 Å². The standard InChI is InChI=1S/C10H9N5O/c1-2-5-13-10(16)7-3-4-8(11)9(6-7)14-15-12/h1,3-4,6H,5,11H2,(H,13,16). The van der Waals surface area contributed by atoms with Crippen molar-refractivity contribution in [2.24, 2.45) is 5.11 Å². The van der Waals surface area contributed by atoms with Gasteiger partial charge in [-0.3, -0.25) is 4.79 Å². The van der Waals surface area contributed by atoms with E-state index in [4.69, 9.17) is 17.7 Å². The highest BCUT2D eigenvalue weighted by Crippen LogP contribution is 2.23. The molecule has 1 aromatic carbocycles. The van der Waals surface area contributed by atoms with Gasteiger partial charge in [0.1, 0.15) is 0 Å². The first-order valence-electron chi connectivity index (χ1n) is 4.35. The molecule has 0 unspecified atom stereocenters. The zero-order chi connectivity index (χ0) is 12.0. The van der Waals surface area contributed by atoms with Crippen molar-refractivity contribution in [3.05, 3.63) is 34.2 Å². The number of nitrogen functional groups attached to an aromatic ring is 1. The monoisotopic (exact) mass is 215 g/mol. The predicted octanol–water partition coefficient (Wildman–Crippen LogP) is 1.57. The summed E-state index contributed by atoms with van der Waals surface area (Å²) in [6.45, 7) is 0.139. The van der Waals surface area contributed by atoms with E-state index in [-0.39, 0.29) is 18.1 Å². The van der Waals surface area contributed by atoms with E-state index in [1.807, 2.05) is 0 Å². The Bertz CT molecular complexity index is 496. The molecule has 0 fully saturated rings. The molecular weight excluding hydrogens is 206 g/mol. The van der Waals surface area contributed by atoms with Gasteiger partial charge in [0.25, 0.3) is 5.91 Å². The molecule has 0 atom stereocenters. The van der Waals surface area contributed by atoms with Crippen LogP contribution >= 0.6 is 0 Å². The van der Waals surface area contributed by atoms with Crippen molar-refractivity contribution in [1.29, 1.82) is 0 Å². The summed E-state index contributed by atoms with van der Waals surface area (Å²) in [5.41, 5.74) is 14.7. The highest BCUT2D eigenvalue weighted by atomic mass is 16.1. The van der Waals surface area contributed by atoms with Gasteiger partial charge < -0.3 is 11.1 Å². The van der Waals surface area contributed by atoms with Crippen LogP contribution in [0, 0.1) is 12.3 Å². The van der Waals surface area contributed by atoms with Crippen LogP contribution in [0.1, 0.15) is 10.4 Å². The average Bonchev–Trinajstić information content (AvgIpc) is 2.29. The second-order valence-corrected chi connectivity index (χ2v) is 2.85. The van der Waals surface area contributed by atoms with E-state index in [9.17, 15) is 4.79 Å². The number of carbonyl (C=O) groups excluding carboxylic acids is 1. The summed E-state index contributed by atoms with van der Waals surface area (Å²) in [5, 5.41) is 5.85. The summed E-state index contributed by atoms with van der Waals surface area (Å²) in [4.78, 5) is 14.1. The summed E-state index contributed by atoms with van der Waals surface area (Å²) in [6.07, 6.45) is 5.01. The van der Waals surface area contributed by atoms with Gasteiger partial charge in [0.05, 0.1) is 12.2 Å². The Morgan fingerprint density at radius 1 is 1.69 bits per heavy atom. The normalized spacial score (nSPS) is 8.69. The fourth-order valence-corrected chi connectivity index (χ4v) is 1.05. The molecule has 1 amide bonds. The second-order valence-electron chi connectivity index (χ2n) is 2.85. The van der Waals surface area contributed by atoms with E-state index in [0.29, 0.717) is 11.3 Å². The molecule has 0 saturated carbocycles. The summed E-state index contributed by atoms with van der Waals surface area (Å²) >= 11 is 0. The largest absolute Gasteiger partial charge is 0.398 e. The number of terminal acetylenes is 1. The summed E-state index contributed by atoms with van der Waals surface area (Å²) in [7, 11) is 0. The SMILES string of the molecule is C#CCNC(=O)c1ccc(N)c(N=[N+]=[N-])c1. The Kier molecular flexibility index (Phi) is 3.78. The molecule has 0 heterocycles. The number of anilines is 1. The summed E-state index contributed by atoms with van der Waals surface area (Å²) in [6, 6.07) is 4.42. The van der Waals surface area contributed by atoms with Crippen LogP contribution in [0.4, 0.5) is 11.4 Å². The van der Waals surface area contributed by atoms with Gasteiger partial charge in [-0.1, -0.05) is 11.0 Å². The molecule has 0 aliphatic heterocycles. The lowest BCUT2D eigenvalue weighted by atomic mass is 10.1. The molecule has 0 aromatic heterocycles. The lowest BCUT2D eigenvalue weighted by Crippen LogP contribution is -2.23. The third kappa shape index (κ3) is 2.67. The molecule has 0 bridgehead atoms. The first kappa shape index (κ1) is 11.4. The van der Waals surface area contributed by atoms with Crippen molar-refractivity contribution < 1.29 is 4.79 Å². The number of nitrogens with two attached hydrogens (primary N) is 1. The van der Waals surface area contributed by atoms with Crippen molar-refractivity contribution in [3.8, 4) is 12.3 Å². The zero-order valence-electron chi connectivity index (χ0n) is 8.34. The molecule has 3 N–H and O–H groups in total. The van der Waals surface area contributed by atoms with Gasteiger partial charge in [0.2, 0.25) is 0 Å². The van der Waals surface area contributed by atoms with Crippen LogP contribution in [0.2, 0.25) is 0 Å². The van der Waals surface area contributed by atoms with Crippen molar-refractivity contribution in [3.63, 3.8) is 0 Å². The molecule has 0 saturated heterocycles. The lowest BCUT2D eigenvalue weighted by Gasteiger charge is -2.04. The van der Waals surface area contributed by atoms with Gasteiger partial charge >= 0.3 is 0 Å². The molecular formula is C10H9N5O. The van der Waals surface area contributed by atoms with Crippen molar-refractivity contribution in [2.75, 3.05) is 12.3 Å². The maximum absolute atomic E-state index is 11.5. The Morgan fingerprint density at radius 2 is 2.44 bits per heavy atom. The van der Waals surface area contributed by atoms with Crippen LogP contribution in [-0.2, 0) is 0 Å². The van der Waals surface area contributed by atoms with Gasteiger partial charge in [-0.25, -0.2) is 0 Å². The van der Waals surface area contributed by atoms with Crippen molar-refractivity contribution in [2.45, 2.75) is 0 Å². The minimum absolute atomic E-state index is 0.139. The molecule has 6 heteroatoms. The minimum Gasteiger partial charge on any atom is -0.398 e. The van der Waals surface area contributed by atoms with Gasteiger partial charge in [-0.15, -0.1) is 6.42 Å². The number of benzene rings is 1. The molecule has 0 spiro atoms. The topological polar surface area (TPSA) is 104 Å². The predicted molar refractivity (Wildman–Crippen MR) is 60.8 cm³/mol. The van der Waals surface area contributed by atoms with E-state index < -0.39 is 0 Å². The lowest BCUT2D eigenvalue weighted by molar-refractivity contribution is 0.0959. The Labute approximate surface area is 92.1 Å². The number of nitrogens with one attached hydrogen (secondary N) is 1. The number of amides is 1. The number of azide groups is 1. The van der Waals surface area contributed by atoms with E-state index >= 15 is 0 Å². The smallest absolute Gasteiger partial charge is 0.252 e. The van der Waals surface area contributed by atoms with Crippen LogP contribution in [0.15, 0.2) is 23.3 Å². The maximum Gasteiger partial charge on any atom is 0.252 e. The van der Waals surface area contributed by atoms with Crippen LogP contribution in [0.3, 0.4) is 0 Å². The van der Waals surface area contributed by atoms with E-state index in [2.05, 4.69) is 21.3 Å².